The molecule has 0 aliphatic carbocycles. The second-order valence-corrected chi connectivity index (χ2v) is 7.45. The van der Waals surface area contributed by atoms with E-state index in [1.807, 2.05) is 0 Å². The van der Waals surface area contributed by atoms with E-state index in [0.717, 1.165) is 6.54 Å². The van der Waals surface area contributed by atoms with Crippen LogP contribution in [0.5, 0.6) is 0 Å². The number of rotatable bonds is 5. The molecule has 0 saturated carbocycles. The van der Waals surface area contributed by atoms with Crippen molar-refractivity contribution in [3.63, 3.8) is 0 Å². The van der Waals surface area contributed by atoms with E-state index in [-0.39, 0.29) is 0 Å². The van der Waals surface area contributed by atoms with Crippen LogP contribution in [0.15, 0.2) is 0 Å². The van der Waals surface area contributed by atoms with Crippen molar-refractivity contribution in [2.24, 2.45) is 5.41 Å². The number of likely N-dealkylation sites (N-methyl/N-ethyl adjacent to an activating group) is 1. The Kier molecular flexibility index (Phi) is 6.28. The van der Waals surface area contributed by atoms with Crippen LogP contribution in [0, 0.1) is 5.41 Å². The molecule has 0 radical (unpaired) electrons. The van der Waals surface area contributed by atoms with Gasteiger partial charge in [0.1, 0.15) is 0 Å². The van der Waals surface area contributed by atoms with Gasteiger partial charge in [-0.25, -0.2) is 0 Å². The van der Waals surface area contributed by atoms with Gasteiger partial charge in [-0.1, -0.05) is 27.7 Å². The summed E-state index contributed by atoms with van der Waals surface area (Å²) in [4.78, 5) is 5.15. The summed E-state index contributed by atoms with van der Waals surface area (Å²) in [6.45, 7) is 18.7. The quantitative estimate of drug-likeness (QED) is 0.827. The first-order valence-corrected chi connectivity index (χ1v) is 7.93. The van der Waals surface area contributed by atoms with Crippen molar-refractivity contribution < 1.29 is 0 Å². The first-order valence-electron chi connectivity index (χ1n) is 7.93. The summed E-state index contributed by atoms with van der Waals surface area (Å²) in [6, 6.07) is 1.90. The van der Waals surface area contributed by atoms with Crippen LogP contribution in [0.2, 0.25) is 0 Å². The second kappa shape index (κ2) is 7.05. The molecule has 1 fully saturated rings. The monoisotopic (exact) mass is 269 g/mol. The largest absolute Gasteiger partial charge is 0.312 e. The lowest BCUT2D eigenvalue weighted by Crippen LogP contribution is -2.58. The van der Waals surface area contributed by atoms with Crippen molar-refractivity contribution >= 4 is 0 Å². The molecule has 1 heterocycles. The van der Waals surface area contributed by atoms with Crippen molar-refractivity contribution in [3.05, 3.63) is 0 Å². The van der Waals surface area contributed by atoms with Crippen LogP contribution < -0.4 is 5.32 Å². The molecule has 3 unspecified atom stereocenters. The summed E-state index contributed by atoms with van der Waals surface area (Å²) < 4.78 is 0. The van der Waals surface area contributed by atoms with Crippen molar-refractivity contribution in [1.29, 1.82) is 0 Å². The van der Waals surface area contributed by atoms with E-state index >= 15 is 0 Å². The summed E-state index contributed by atoms with van der Waals surface area (Å²) in [5.41, 5.74) is 0.324. The van der Waals surface area contributed by atoms with Crippen molar-refractivity contribution in [3.8, 4) is 0 Å². The molecule has 0 aromatic carbocycles. The molecule has 1 N–H and O–H groups in total. The zero-order chi connectivity index (χ0) is 14.6. The Balaban J connectivity index is 2.59. The Bertz CT molecular complexity index is 247. The standard InChI is InChI=1S/C16H35N3/c1-8-9-17-15(16(4,5)6)12-19-10-13(2)18(7)14(3)11-19/h13-15,17H,8-12H2,1-7H3. The smallest absolute Gasteiger partial charge is 0.0243 e. The topological polar surface area (TPSA) is 18.5 Å². The maximum atomic E-state index is 3.74. The van der Waals surface area contributed by atoms with E-state index in [1.165, 1.54) is 26.1 Å². The SMILES string of the molecule is CCCNC(CN1CC(C)N(C)C(C)C1)C(C)(C)C. The molecular weight excluding hydrogens is 234 g/mol. The fourth-order valence-corrected chi connectivity index (χ4v) is 2.88. The van der Waals surface area contributed by atoms with Gasteiger partial charge in [0.15, 0.2) is 0 Å². The second-order valence-electron chi connectivity index (χ2n) is 7.45. The lowest BCUT2D eigenvalue weighted by atomic mass is 9.86. The summed E-state index contributed by atoms with van der Waals surface area (Å²) in [5, 5.41) is 3.74. The van der Waals surface area contributed by atoms with E-state index < -0.39 is 0 Å². The van der Waals surface area contributed by atoms with Crippen LogP contribution in [0.4, 0.5) is 0 Å². The molecule has 0 aromatic heterocycles. The number of piperazine rings is 1. The Labute approximate surface area is 120 Å². The van der Waals surface area contributed by atoms with Crippen molar-refractivity contribution in [1.82, 2.24) is 15.1 Å². The summed E-state index contributed by atoms with van der Waals surface area (Å²) in [7, 11) is 2.25. The van der Waals surface area contributed by atoms with Gasteiger partial charge in [-0.3, -0.25) is 9.80 Å². The average Bonchev–Trinajstić information content (AvgIpc) is 2.29. The third-order valence-corrected chi connectivity index (χ3v) is 4.56. The fraction of sp³-hybridized carbons (Fsp3) is 1.00. The van der Waals surface area contributed by atoms with Gasteiger partial charge in [0, 0.05) is 37.8 Å². The minimum Gasteiger partial charge on any atom is -0.312 e. The molecule has 3 atom stereocenters. The lowest BCUT2D eigenvalue weighted by Gasteiger charge is -2.45. The van der Waals surface area contributed by atoms with Crippen LogP contribution in [0.25, 0.3) is 0 Å². The molecule has 19 heavy (non-hydrogen) atoms. The highest BCUT2D eigenvalue weighted by Gasteiger charge is 2.31. The van der Waals surface area contributed by atoms with Gasteiger partial charge < -0.3 is 5.32 Å². The van der Waals surface area contributed by atoms with Crippen molar-refractivity contribution in [2.45, 2.75) is 66.1 Å². The number of nitrogens with one attached hydrogen (secondary N) is 1. The first kappa shape index (κ1) is 16.9. The van der Waals surface area contributed by atoms with Crippen LogP contribution in [-0.2, 0) is 0 Å². The zero-order valence-electron chi connectivity index (χ0n) is 14.2. The highest BCUT2D eigenvalue weighted by Crippen LogP contribution is 2.22. The van der Waals surface area contributed by atoms with Gasteiger partial charge in [-0.15, -0.1) is 0 Å². The molecule has 0 aromatic rings. The molecule has 3 heteroatoms. The Morgan fingerprint density at radius 3 is 2.11 bits per heavy atom. The van der Waals surface area contributed by atoms with Gasteiger partial charge >= 0.3 is 0 Å². The highest BCUT2D eigenvalue weighted by atomic mass is 15.3. The molecule has 1 aliphatic rings. The molecule has 0 spiro atoms. The van der Waals surface area contributed by atoms with E-state index in [1.54, 1.807) is 0 Å². The molecular formula is C16H35N3. The molecule has 1 aliphatic heterocycles. The van der Waals surface area contributed by atoms with Gasteiger partial charge in [0.25, 0.3) is 0 Å². The minimum absolute atomic E-state index is 0.324. The van der Waals surface area contributed by atoms with Crippen LogP contribution in [0.1, 0.15) is 48.0 Å². The van der Waals surface area contributed by atoms with Gasteiger partial charge in [0.05, 0.1) is 0 Å². The number of hydrogen-bond acceptors (Lipinski definition) is 3. The first-order chi connectivity index (χ1) is 8.75. The summed E-state index contributed by atoms with van der Waals surface area (Å²) in [6.07, 6.45) is 1.21. The average molecular weight is 269 g/mol. The normalized spacial score (nSPS) is 28.6. The van der Waals surface area contributed by atoms with E-state index in [0.29, 0.717) is 23.5 Å². The van der Waals surface area contributed by atoms with Crippen LogP contribution in [0.3, 0.4) is 0 Å². The molecule has 0 bridgehead atoms. The van der Waals surface area contributed by atoms with Crippen molar-refractivity contribution in [2.75, 3.05) is 33.2 Å². The predicted octanol–water partition coefficient (Wildman–Crippen LogP) is 2.43. The third-order valence-electron chi connectivity index (χ3n) is 4.56. The lowest BCUT2D eigenvalue weighted by molar-refractivity contribution is 0.0442. The number of hydrogen-bond donors (Lipinski definition) is 1. The van der Waals surface area contributed by atoms with Gasteiger partial charge in [-0.2, -0.15) is 0 Å². The third kappa shape index (κ3) is 5.05. The maximum absolute atomic E-state index is 3.74. The van der Waals surface area contributed by atoms with Gasteiger partial charge in [0.2, 0.25) is 0 Å². The molecule has 1 saturated heterocycles. The Morgan fingerprint density at radius 2 is 1.68 bits per heavy atom. The fourth-order valence-electron chi connectivity index (χ4n) is 2.88. The van der Waals surface area contributed by atoms with Crippen LogP contribution >= 0.6 is 0 Å². The number of nitrogens with zero attached hydrogens (tertiary/aromatic N) is 2. The Morgan fingerprint density at radius 1 is 1.16 bits per heavy atom. The van der Waals surface area contributed by atoms with Gasteiger partial charge in [-0.05, 0) is 39.3 Å². The zero-order valence-corrected chi connectivity index (χ0v) is 14.2. The highest BCUT2D eigenvalue weighted by molar-refractivity contribution is 4.88. The van der Waals surface area contributed by atoms with Crippen LogP contribution in [-0.4, -0.2) is 61.2 Å². The molecule has 114 valence electrons. The summed E-state index contributed by atoms with van der Waals surface area (Å²) in [5.74, 6) is 0. The maximum Gasteiger partial charge on any atom is 0.0243 e. The molecule has 3 nitrogen and oxygen atoms in total. The van der Waals surface area contributed by atoms with E-state index in [9.17, 15) is 0 Å². The predicted molar refractivity (Wildman–Crippen MR) is 84.7 cm³/mol. The molecule has 0 amide bonds. The molecule has 1 rings (SSSR count). The minimum atomic E-state index is 0.324. The summed E-state index contributed by atoms with van der Waals surface area (Å²) >= 11 is 0. The van der Waals surface area contributed by atoms with E-state index in [2.05, 4.69) is 63.7 Å². The van der Waals surface area contributed by atoms with E-state index in [4.69, 9.17) is 0 Å². The Hall–Kier alpha value is -0.120.